The molecule has 1 aromatic heterocycles. The number of nitro benzene ring substituents is 1. The van der Waals surface area contributed by atoms with Gasteiger partial charge in [-0.15, -0.1) is 0 Å². The normalized spacial score (nSPS) is 10.2. The number of benzene rings is 1. The second kappa shape index (κ2) is 6.09. The van der Waals surface area contributed by atoms with Crippen molar-refractivity contribution in [2.45, 2.75) is 13.5 Å². The average Bonchev–Trinajstić information content (AvgIpc) is 2.45. The third-order valence-corrected chi connectivity index (χ3v) is 2.53. The van der Waals surface area contributed by atoms with Crippen molar-refractivity contribution in [3.05, 3.63) is 51.7 Å². The zero-order chi connectivity index (χ0) is 15.4. The summed E-state index contributed by atoms with van der Waals surface area (Å²) >= 11 is 0. The lowest BCUT2D eigenvalue weighted by Gasteiger charge is -2.08. The summed E-state index contributed by atoms with van der Waals surface area (Å²) in [5.41, 5.74) is 2.70. The van der Waals surface area contributed by atoms with Gasteiger partial charge >= 0.3 is 0 Å². The van der Waals surface area contributed by atoms with E-state index in [9.17, 15) is 14.5 Å². The maximum Gasteiger partial charge on any atom is 0.272 e. The van der Waals surface area contributed by atoms with Gasteiger partial charge in [0, 0.05) is 17.8 Å². The van der Waals surface area contributed by atoms with Crippen molar-refractivity contribution in [1.29, 1.82) is 0 Å². The second-order valence-electron chi connectivity index (χ2n) is 4.12. The number of non-ortho nitro benzene ring substituents is 1. The highest BCUT2D eigenvalue weighted by molar-refractivity contribution is 5.38. The molecular weight excluding hydrogens is 281 g/mol. The molecule has 0 unspecified atom stereocenters. The number of hydrazine groups is 1. The Labute approximate surface area is 118 Å². The molecule has 8 nitrogen and oxygen atoms in total. The van der Waals surface area contributed by atoms with E-state index in [-0.39, 0.29) is 18.0 Å². The van der Waals surface area contributed by atoms with Crippen LogP contribution in [-0.4, -0.2) is 14.9 Å². The summed E-state index contributed by atoms with van der Waals surface area (Å²) in [5, 5.41) is 10.5. The molecule has 0 aliphatic rings. The van der Waals surface area contributed by atoms with Gasteiger partial charge in [-0.25, -0.2) is 20.2 Å². The Hall–Kier alpha value is -2.81. The number of nitro groups is 1. The maximum absolute atomic E-state index is 13.6. The van der Waals surface area contributed by atoms with Crippen LogP contribution in [0.5, 0.6) is 5.75 Å². The number of rotatable bonds is 5. The van der Waals surface area contributed by atoms with E-state index >= 15 is 0 Å². The van der Waals surface area contributed by atoms with E-state index in [0.29, 0.717) is 17.3 Å². The molecule has 0 bridgehead atoms. The van der Waals surface area contributed by atoms with Gasteiger partial charge in [0.15, 0.2) is 17.4 Å². The fourth-order valence-electron chi connectivity index (χ4n) is 1.63. The molecule has 0 atom stereocenters. The number of nitrogens with two attached hydrogens (primary N) is 1. The molecule has 0 radical (unpaired) electrons. The molecule has 0 spiro atoms. The number of anilines is 1. The average molecular weight is 293 g/mol. The van der Waals surface area contributed by atoms with Crippen molar-refractivity contribution in [3.8, 4) is 5.75 Å². The Kier molecular flexibility index (Phi) is 4.24. The van der Waals surface area contributed by atoms with Gasteiger partial charge in [0.2, 0.25) is 0 Å². The third-order valence-electron chi connectivity index (χ3n) is 2.53. The molecule has 0 saturated carbocycles. The minimum atomic E-state index is -0.825. The van der Waals surface area contributed by atoms with Crippen molar-refractivity contribution in [3.63, 3.8) is 0 Å². The number of hydrogen-bond acceptors (Lipinski definition) is 7. The molecule has 21 heavy (non-hydrogen) atoms. The van der Waals surface area contributed by atoms with E-state index in [4.69, 9.17) is 10.6 Å². The zero-order valence-corrected chi connectivity index (χ0v) is 11.0. The van der Waals surface area contributed by atoms with Crippen LogP contribution in [0.2, 0.25) is 0 Å². The minimum Gasteiger partial charge on any atom is -0.483 e. The Balaban J connectivity index is 2.13. The van der Waals surface area contributed by atoms with Crippen LogP contribution in [0.15, 0.2) is 24.3 Å². The standard InChI is InChI=1S/C12H12FN5O3/c1-7-4-11(17-14)16-12(15-7)6-21-10-3-2-8(18(19)20)5-9(10)13/h2-5H,6,14H2,1H3,(H,15,16,17). The summed E-state index contributed by atoms with van der Waals surface area (Å²) in [6, 6.07) is 4.77. The summed E-state index contributed by atoms with van der Waals surface area (Å²) < 4.78 is 18.9. The lowest BCUT2D eigenvalue weighted by molar-refractivity contribution is -0.385. The summed E-state index contributed by atoms with van der Waals surface area (Å²) in [5.74, 6) is 5.03. The van der Waals surface area contributed by atoms with Gasteiger partial charge in [-0.2, -0.15) is 0 Å². The molecule has 2 aromatic rings. The molecule has 0 aliphatic carbocycles. The summed E-state index contributed by atoms with van der Waals surface area (Å²) in [6.45, 7) is 1.66. The van der Waals surface area contributed by atoms with Crippen LogP contribution in [-0.2, 0) is 6.61 Å². The number of aryl methyl sites for hydroxylation is 1. The SMILES string of the molecule is Cc1cc(NN)nc(COc2ccc([N+](=O)[O-])cc2F)n1. The third kappa shape index (κ3) is 3.60. The van der Waals surface area contributed by atoms with Crippen molar-refractivity contribution >= 4 is 11.5 Å². The van der Waals surface area contributed by atoms with Gasteiger partial charge in [-0.05, 0) is 13.0 Å². The Morgan fingerprint density at radius 3 is 2.81 bits per heavy atom. The molecular formula is C12H12FN5O3. The van der Waals surface area contributed by atoms with Crippen molar-refractivity contribution in [2.24, 2.45) is 5.84 Å². The van der Waals surface area contributed by atoms with Gasteiger partial charge < -0.3 is 10.2 Å². The number of nitrogens with zero attached hydrogens (tertiary/aromatic N) is 3. The van der Waals surface area contributed by atoms with E-state index in [1.54, 1.807) is 13.0 Å². The van der Waals surface area contributed by atoms with Gasteiger partial charge in [0.25, 0.3) is 5.69 Å². The lowest BCUT2D eigenvalue weighted by Crippen LogP contribution is -2.12. The van der Waals surface area contributed by atoms with E-state index < -0.39 is 10.7 Å². The molecule has 110 valence electrons. The predicted octanol–water partition coefficient (Wildman–Crippen LogP) is 1.70. The molecule has 0 amide bonds. The molecule has 3 N–H and O–H groups in total. The number of aromatic nitrogens is 2. The zero-order valence-electron chi connectivity index (χ0n) is 11.0. The Morgan fingerprint density at radius 2 is 2.19 bits per heavy atom. The van der Waals surface area contributed by atoms with Crippen LogP contribution < -0.4 is 16.0 Å². The number of ether oxygens (including phenoxy) is 1. The van der Waals surface area contributed by atoms with Crippen LogP contribution in [0.3, 0.4) is 0 Å². The minimum absolute atomic E-state index is 0.0922. The molecule has 0 aliphatic heterocycles. The quantitative estimate of drug-likeness (QED) is 0.489. The monoisotopic (exact) mass is 293 g/mol. The first-order valence-electron chi connectivity index (χ1n) is 5.87. The van der Waals surface area contributed by atoms with Gasteiger partial charge in [-0.3, -0.25) is 10.1 Å². The van der Waals surface area contributed by atoms with Crippen LogP contribution >= 0.6 is 0 Å². The first kappa shape index (κ1) is 14.6. The van der Waals surface area contributed by atoms with Gasteiger partial charge in [0.05, 0.1) is 11.0 Å². The Morgan fingerprint density at radius 1 is 1.43 bits per heavy atom. The topological polar surface area (TPSA) is 116 Å². The molecule has 2 rings (SSSR count). The lowest BCUT2D eigenvalue weighted by atomic mass is 10.3. The van der Waals surface area contributed by atoms with E-state index in [0.717, 1.165) is 12.1 Å². The Bertz CT molecular complexity index is 680. The molecule has 0 fully saturated rings. The fraction of sp³-hybridized carbons (Fsp3) is 0.167. The summed E-state index contributed by atoms with van der Waals surface area (Å²) in [7, 11) is 0. The molecule has 0 saturated heterocycles. The van der Waals surface area contributed by atoms with Crippen LogP contribution in [0.1, 0.15) is 11.5 Å². The number of hydrogen-bond donors (Lipinski definition) is 2. The van der Waals surface area contributed by atoms with Gasteiger partial charge in [0.1, 0.15) is 12.4 Å². The highest BCUT2D eigenvalue weighted by Crippen LogP contribution is 2.23. The largest absolute Gasteiger partial charge is 0.483 e. The van der Waals surface area contributed by atoms with Crippen molar-refractivity contribution in [1.82, 2.24) is 9.97 Å². The van der Waals surface area contributed by atoms with Crippen LogP contribution in [0.25, 0.3) is 0 Å². The first-order chi connectivity index (χ1) is 9.99. The van der Waals surface area contributed by atoms with Crippen LogP contribution in [0.4, 0.5) is 15.9 Å². The molecule has 9 heteroatoms. The van der Waals surface area contributed by atoms with E-state index in [1.807, 2.05) is 0 Å². The van der Waals surface area contributed by atoms with Gasteiger partial charge in [-0.1, -0.05) is 0 Å². The second-order valence-corrected chi connectivity index (χ2v) is 4.12. The summed E-state index contributed by atoms with van der Waals surface area (Å²) in [4.78, 5) is 18.0. The van der Waals surface area contributed by atoms with Crippen LogP contribution in [0, 0.1) is 22.9 Å². The highest BCUT2D eigenvalue weighted by Gasteiger charge is 2.12. The smallest absolute Gasteiger partial charge is 0.272 e. The maximum atomic E-state index is 13.6. The first-order valence-corrected chi connectivity index (χ1v) is 5.87. The van der Waals surface area contributed by atoms with Crippen molar-refractivity contribution in [2.75, 3.05) is 5.43 Å². The van der Waals surface area contributed by atoms with E-state index in [1.165, 1.54) is 6.07 Å². The number of halogens is 1. The number of nitrogen functional groups attached to an aromatic ring is 1. The number of nitrogens with one attached hydrogen (secondary N) is 1. The van der Waals surface area contributed by atoms with E-state index in [2.05, 4.69) is 15.4 Å². The van der Waals surface area contributed by atoms with Crippen molar-refractivity contribution < 1.29 is 14.1 Å². The predicted molar refractivity (Wildman–Crippen MR) is 72.0 cm³/mol. The molecule has 1 aromatic carbocycles. The summed E-state index contributed by atoms with van der Waals surface area (Å²) in [6.07, 6.45) is 0. The molecule has 1 heterocycles. The fourth-order valence-corrected chi connectivity index (χ4v) is 1.63. The highest BCUT2D eigenvalue weighted by atomic mass is 19.1.